The van der Waals surface area contributed by atoms with Crippen molar-refractivity contribution in [1.82, 2.24) is 10.0 Å². The van der Waals surface area contributed by atoms with Crippen LogP contribution < -0.4 is 10.0 Å². The van der Waals surface area contributed by atoms with Gasteiger partial charge in [-0.3, -0.25) is 4.79 Å². The Kier molecular flexibility index (Phi) is 7.48. The topological polar surface area (TPSA) is 75.3 Å². The van der Waals surface area contributed by atoms with Crippen LogP contribution in [0, 0.1) is 0 Å². The van der Waals surface area contributed by atoms with Gasteiger partial charge in [-0.05, 0) is 52.8 Å². The molecule has 3 aromatic carbocycles. The Morgan fingerprint density at radius 1 is 0.812 bits per heavy atom. The number of hydrogen-bond donors (Lipinski definition) is 2. The predicted molar refractivity (Wildman–Crippen MR) is 128 cm³/mol. The molecule has 0 fully saturated rings. The molecule has 0 aliphatic carbocycles. The van der Waals surface area contributed by atoms with Crippen LogP contribution in [0.1, 0.15) is 47.8 Å². The Labute approximate surface area is 190 Å². The summed E-state index contributed by atoms with van der Waals surface area (Å²) in [6.07, 6.45) is 0.767. The van der Waals surface area contributed by atoms with E-state index in [0.29, 0.717) is 12.1 Å². The normalized spacial score (nSPS) is 11.8. The van der Waals surface area contributed by atoms with Crippen LogP contribution >= 0.6 is 0 Å². The van der Waals surface area contributed by atoms with E-state index in [1.54, 1.807) is 36.4 Å². The lowest BCUT2D eigenvalue weighted by Gasteiger charge is -2.19. The molecule has 3 aromatic rings. The van der Waals surface area contributed by atoms with Crippen LogP contribution in [-0.4, -0.2) is 20.9 Å². The summed E-state index contributed by atoms with van der Waals surface area (Å²) < 4.78 is 27.8. The number of amides is 1. The second kappa shape index (κ2) is 10.1. The lowest BCUT2D eigenvalue weighted by molar-refractivity contribution is 0.0954. The fourth-order valence-electron chi connectivity index (χ4n) is 3.24. The molecule has 6 heteroatoms. The average Bonchev–Trinajstić information content (AvgIpc) is 2.78. The smallest absolute Gasteiger partial charge is 0.251 e. The van der Waals surface area contributed by atoms with Crippen molar-refractivity contribution in [2.75, 3.05) is 6.54 Å². The van der Waals surface area contributed by atoms with Gasteiger partial charge in [-0.1, -0.05) is 75.4 Å². The number of nitrogens with one attached hydrogen (secondary N) is 2. The minimum atomic E-state index is -3.61. The molecule has 0 aliphatic heterocycles. The van der Waals surface area contributed by atoms with E-state index in [1.807, 2.05) is 42.5 Å². The third-order valence-electron chi connectivity index (χ3n) is 5.26. The average molecular weight is 451 g/mol. The first-order valence-corrected chi connectivity index (χ1v) is 12.1. The molecule has 0 aliphatic rings. The fourth-order valence-corrected chi connectivity index (χ4v) is 4.25. The number of benzene rings is 3. The second-order valence-electron chi connectivity index (χ2n) is 8.79. The molecule has 5 nitrogen and oxygen atoms in total. The first kappa shape index (κ1) is 23.7. The molecule has 0 heterocycles. The molecule has 0 spiro atoms. The molecule has 1 amide bonds. The fraction of sp³-hybridized carbons (Fsp3) is 0.269. The third kappa shape index (κ3) is 6.52. The summed E-state index contributed by atoms with van der Waals surface area (Å²) in [5.41, 5.74) is 3.53. The van der Waals surface area contributed by atoms with Crippen LogP contribution in [0.15, 0.2) is 83.8 Å². The van der Waals surface area contributed by atoms with Gasteiger partial charge in [-0.15, -0.1) is 0 Å². The quantitative estimate of drug-likeness (QED) is 0.533. The molecule has 0 bridgehead atoms. The molecule has 2 N–H and O–H groups in total. The van der Waals surface area contributed by atoms with E-state index < -0.39 is 10.0 Å². The Morgan fingerprint density at radius 3 is 2.03 bits per heavy atom. The molecule has 0 aromatic heterocycles. The third-order valence-corrected chi connectivity index (χ3v) is 6.67. The highest BCUT2D eigenvalue weighted by Crippen LogP contribution is 2.23. The zero-order valence-corrected chi connectivity index (χ0v) is 19.6. The summed E-state index contributed by atoms with van der Waals surface area (Å²) >= 11 is 0. The maximum Gasteiger partial charge on any atom is 0.251 e. The van der Waals surface area contributed by atoms with Crippen molar-refractivity contribution in [1.29, 1.82) is 0 Å². The number of sulfonamides is 1. The van der Waals surface area contributed by atoms with Crippen molar-refractivity contribution in [2.24, 2.45) is 0 Å². The van der Waals surface area contributed by atoms with E-state index in [0.717, 1.165) is 17.5 Å². The summed E-state index contributed by atoms with van der Waals surface area (Å²) in [5, 5.41) is 2.91. The van der Waals surface area contributed by atoms with E-state index in [1.165, 1.54) is 5.56 Å². The van der Waals surface area contributed by atoms with Gasteiger partial charge in [0.1, 0.15) is 0 Å². The molecular weight excluding hydrogens is 420 g/mol. The van der Waals surface area contributed by atoms with Crippen LogP contribution in [0.2, 0.25) is 0 Å². The van der Waals surface area contributed by atoms with Crippen LogP contribution in [-0.2, 0) is 28.4 Å². The maximum atomic E-state index is 12.6. The largest absolute Gasteiger partial charge is 0.352 e. The highest BCUT2D eigenvalue weighted by atomic mass is 32.2. The summed E-state index contributed by atoms with van der Waals surface area (Å²) in [6, 6.07) is 23.9. The van der Waals surface area contributed by atoms with Crippen molar-refractivity contribution in [2.45, 2.75) is 44.0 Å². The van der Waals surface area contributed by atoms with Crippen molar-refractivity contribution in [3.63, 3.8) is 0 Å². The monoisotopic (exact) mass is 450 g/mol. The van der Waals surface area contributed by atoms with Crippen LogP contribution in [0.25, 0.3) is 0 Å². The number of carbonyl (C=O) groups excluding carboxylic acids is 1. The van der Waals surface area contributed by atoms with Crippen LogP contribution in [0.5, 0.6) is 0 Å². The first-order chi connectivity index (χ1) is 15.1. The van der Waals surface area contributed by atoms with E-state index in [9.17, 15) is 13.2 Å². The van der Waals surface area contributed by atoms with E-state index in [2.05, 4.69) is 30.8 Å². The number of carbonyl (C=O) groups is 1. The van der Waals surface area contributed by atoms with Gasteiger partial charge in [-0.25, -0.2) is 13.1 Å². The summed E-state index contributed by atoms with van der Waals surface area (Å²) in [6.45, 7) is 6.96. The van der Waals surface area contributed by atoms with Gasteiger partial charge in [0.05, 0.1) is 4.90 Å². The first-order valence-electron chi connectivity index (χ1n) is 10.7. The van der Waals surface area contributed by atoms with E-state index in [-0.39, 0.29) is 22.8 Å². The highest BCUT2D eigenvalue weighted by molar-refractivity contribution is 7.89. The van der Waals surface area contributed by atoms with E-state index in [4.69, 9.17) is 0 Å². The zero-order valence-electron chi connectivity index (χ0n) is 18.8. The van der Waals surface area contributed by atoms with Gasteiger partial charge in [0.25, 0.3) is 5.91 Å². The Balaban J connectivity index is 1.53. The molecule has 168 valence electrons. The Morgan fingerprint density at radius 2 is 1.44 bits per heavy atom. The maximum absolute atomic E-state index is 12.6. The summed E-state index contributed by atoms with van der Waals surface area (Å²) in [4.78, 5) is 12.6. The second-order valence-corrected chi connectivity index (χ2v) is 10.6. The molecule has 0 unspecified atom stereocenters. The molecule has 0 atom stereocenters. The minimum Gasteiger partial charge on any atom is -0.352 e. The lowest BCUT2D eigenvalue weighted by Crippen LogP contribution is -2.26. The molecule has 3 rings (SSSR count). The van der Waals surface area contributed by atoms with Crippen molar-refractivity contribution in [3.8, 4) is 0 Å². The van der Waals surface area contributed by atoms with Gasteiger partial charge >= 0.3 is 0 Å². The zero-order chi connectivity index (χ0) is 23.2. The highest BCUT2D eigenvalue weighted by Gasteiger charge is 2.17. The molecule has 0 saturated heterocycles. The van der Waals surface area contributed by atoms with Crippen LogP contribution in [0.4, 0.5) is 0 Å². The Hall–Kier alpha value is -2.96. The molecule has 32 heavy (non-hydrogen) atoms. The van der Waals surface area contributed by atoms with Gasteiger partial charge in [0, 0.05) is 18.7 Å². The summed E-state index contributed by atoms with van der Waals surface area (Å²) in [5.74, 6) is -0.146. The van der Waals surface area contributed by atoms with E-state index >= 15 is 0 Å². The Bertz CT molecular complexity index is 1130. The SMILES string of the molecule is CC(C)(C)c1ccc(S(=O)(=O)NCc2ccc(C(=O)NCCc3ccccc3)cc2)cc1. The van der Waals surface area contributed by atoms with Crippen LogP contribution in [0.3, 0.4) is 0 Å². The van der Waals surface area contributed by atoms with Gasteiger partial charge in [-0.2, -0.15) is 0 Å². The lowest BCUT2D eigenvalue weighted by atomic mass is 9.87. The van der Waals surface area contributed by atoms with Crippen molar-refractivity contribution < 1.29 is 13.2 Å². The van der Waals surface area contributed by atoms with Gasteiger partial charge < -0.3 is 5.32 Å². The van der Waals surface area contributed by atoms with Crippen molar-refractivity contribution in [3.05, 3.63) is 101 Å². The minimum absolute atomic E-state index is 0.0364. The number of hydrogen-bond acceptors (Lipinski definition) is 3. The van der Waals surface area contributed by atoms with Gasteiger partial charge in [0.15, 0.2) is 0 Å². The van der Waals surface area contributed by atoms with Gasteiger partial charge in [0.2, 0.25) is 10.0 Å². The molecular formula is C26H30N2O3S. The summed E-state index contributed by atoms with van der Waals surface area (Å²) in [7, 11) is -3.61. The molecule has 0 saturated carbocycles. The van der Waals surface area contributed by atoms with Crippen molar-refractivity contribution >= 4 is 15.9 Å². The standard InChI is InChI=1S/C26H30N2O3S/c1-26(2,3)23-13-15-24(16-14-23)32(30,31)28-19-21-9-11-22(12-10-21)25(29)27-18-17-20-7-5-4-6-8-20/h4-16,28H,17-19H2,1-3H3,(H,27,29). The molecule has 0 radical (unpaired) electrons. The predicted octanol–water partition coefficient (Wildman–Crippen LogP) is 4.44. The number of rotatable bonds is 8.